The largest absolute Gasteiger partial charge is 0.397 e. The molecule has 1 aromatic carbocycles. The molecule has 110 valence electrons. The number of anilines is 3. The minimum absolute atomic E-state index is 0.820. The number of morpholine rings is 1. The third-order valence-electron chi connectivity index (χ3n) is 4.51. The lowest BCUT2D eigenvalue weighted by molar-refractivity contribution is 0.122. The monoisotopic (exact) mass is 275 g/mol. The van der Waals surface area contributed by atoms with E-state index in [9.17, 15) is 0 Å². The van der Waals surface area contributed by atoms with E-state index in [-0.39, 0.29) is 0 Å². The van der Waals surface area contributed by atoms with Crippen LogP contribution < -0.4 is 15.5 Å². The van der Waals surface area contributed by atoms with E-state index in [1.54, 1.807) is 0 Å². The van der Waals surface area contributed by atoms with Gasteiger partial charge in [0.1, 0.15) is 0 Å². The molecule has 0 spiro atoms. The highest BCUT2D eigenvalue weighted by atomic mass is 16.5. The fraction of sp³-hybridized carbons (Fsp3) is 0.625. The maximum Gasteiger partial charge on any atom is 0.0642 e. The summed E-state index contributed by atoms with van der Waals surface area (Å²) in [6.07, 6.45) is 2.53. The van der Waals surface area contributed by atoms with Crippen LogP contribution in [0.4, 0.5) is 17.1 Å². The molecular formula is C16H25N3O. The Morgan fingerprint density at radius 3 is 2.45 bits per heavy atom. The van der Waals surface area contributed by atoms with Gasteiger partial charge in [0.15, 0.2) is 0 Å². The minimum Gasteiger partial charge on any atom is -0.397 e. The molecule has 2 N–H and O–H groups in total. The maximum absolute atomic E-state index is 6.20. The zero-order valence-electron chi connectivity index (χ0n) is 12.3. The predicted octanol–water partition coefficient (Wildman–Crippen LogP) is 2.34. The topological polar surface area (TPSA) is 41.7 Å². The van der Waals surface area contributed by atoms with Crippen molar-refractivity contribution in [3.63, 3.8) is 0 Å². The first-order valence-electron chi connectivity index (χ1n) is 7.71. The Labute approximate surface area is 121 Å². The van der Waals surface area contributed by atoms with Crippen LogP contribution in [0.15, 0.2) is 18.2 Å². The Kier molecular flexibility index (Phi) is 4.01. The number of nitrogens with two attached hydrogens (primary N) is 1. The van der Waals surface area contributed by atoms with Crippen LogP contribution in [0.1, 0.15) is 19.8 Å². The van der Waals surface area contributed by atoms with E-state index in [0.29, 0.717) is 0 Å². The summed E-state index contributed by atoms with van der Waals surface area (Å²) in [6.45, 7) is 8.17. The van der Waals surface area contributed by atoms with Crippen molar-refractivity contribution in [1.82, 2.24) is 0 Å². The summed E-state index contributed by atoms with van der Waals surface area (Å²) in [5.74, 6) is 0.843. The molecule has 20 heavy (non-hydrogen) atoms. The molecule has 0 amide bonds. The number of nitrogen functional groups attached to an aromatic ring is 1. The third-order valence-corrected chi connectivity index (χ3v) is 4.51. The average molecular weight is 275 g/mol. The van der Waals surface area contributed by atoms with Gasteiger partial charge in [-0.05, 0) is 37.0 Å². The highest BCUT2D eigenvalue weighted by molar-refractivity contribution is 5.73. The number of ether oxygens (including phenoxy) is 1. The first kappa shape index (κ1) is 13.6. The van der Waals surface area contributed by atoms with Crippen LogP contribution in [-0.4, -0.2) is 39.4 Å². The minimum atomic E-state index is 0.820. The van der Waals surface area contributed by atoms with Crippen LogP contribution in [0.2, 0.25) is 0 Å². The zero-order valence-corrected chi connectivity index (χ0v) is 12.3. The molecule has 2 heterocycles. The number of hydrogen-bond acceptors (Lipinski definition) is 4. The second kappa shape index (κ2) is 5.92. The molecule has 3 rings (SSSR count). The summed E-state index contributed by atoms with van der Waals surface area (Å²) in [5, 5.41) is 0. The molecule has 0 atom stereocenters. The summed E-state index contributed by atoms with van der Waals surface area (Å²) in [4.78, 5) is 4.83. The average Bonchev–Trinajstić information content (AvgIpc) is 2.50. The van der Waals surface area contributed by atoms with Crippen molar-refractivity contribution in [2.24, 2.45) is 5.92 Å². The van der Waals surface area contributed by atoms with E-state index in [1.807, 2.05) is 0 Å². The standard InChI is InChI=1S/C16H25N3O/c1-13-4-6-19(7-5-13)16-12-14(2-3-15(16)17)18-8-10-20-11-9-18/h2-3,12-13H,4-11,17H2,1H3. The highest BCUT2D eigenvalue weighted by Crippen LogP contribution is 2.32. The van der Waals surface area contributed by atoms with E-state index in [4.69, 9.17) is 10.5 Å². The molecule has 2 aliphatic rings. The lowest BCUT2D eigenvalue weighted by Crippen LogP contribution is -2.37. The molecule has 2 aliphatic heterocycles. The van der Waals surface area contributed by atoms with Crippen molar-refractivity contribution in [1.29, 1.82) is 0 Å². The van der Waals surface area contributed by atoms with Gasteiger partial charge in [0.2, 0.25) is 0 Å². The molecule has 2 saturated heterocycles. The summed E-state index contributed by atoms with van der Waals surface area (Å²) < 4.78 is 5.43. The van der Waals surface area contributed by atoms with Crippen molar-refractivity contribution in [2.75, 3.05) is 54.9 Å². The molecule has 4 heteroatoms. The van der Waals surface area contributed by atoms with Gasteiger partial charge in [0, 0.05) is 31.9 Å². The number of benzene rings is 1. The van der Waals surface area contributed by atoms with Crippen molar-refractivity contribution in [3.05, 3.63) is 18.2 Å². The maximum atomic E-state index is 6.20. The van der Waals surface area contributed by atoms with Gasteiger partial charge in [-0.1, -0.05) is 6.92 Å². The predicted molar refractivity (Wildman–Crippen MR) is 84.5 cm³/mol. The lowest BCUT2D eigenvalue weighted by atomic mass is 9.98. The van der Waals surface area contributed by atoms with Gasteiger partial charge < -0.3 is 20.3 Å². The summed E-state index contributed by atoms with van der Waals surface area (Å²) in [6, 6.07) is 6.45. The third kappa shape index (κ3) is 2.85. The SMILES string of the molecule is CC1CCN(c2cc(N3CCOCC3)ccc2N)CC1. The van der Waals surface area contributed by atoms with Gasteiger partial charge in [-0.15, -0.1) is 0 Å². The van der Waals surface area contributed by atoms with Crippen molar-refractivity contribution in [3.8, 4) is 0 Å². The number of piperidine rings is 1. The molecule has 0 unspecified atom stereocenters. The Morgan fingerprint density at radius 1 is 1.05 bits per heavy atom. The van der Waals surface area contributed by atoms with Crippen LogP contribution in [0.5, 0.6) is 0 Å². The van der Waals surface area contributed by atoms with Crippen LogP contribution >= 0.6 is 0 Å². The van der Waals surface area contributed by atoms with E-state index in [0.717, 1.165) is 51.0 Å². The molecule has 0 radical (unpaired) electrons. The van der Waals surface area contributed by atoms with Crippen LogP contribution in [0, 0.1) is 5.92 Å². The second-order valence-corrected chi connectivity index (χ2v) is 6.01. The summed E-state index contributed by atoms with van der Waals surface area (Å²) >= 11 is 0. The zero-order chi connectivity index (χ0) is 13.9. The molecular weight excluding hydrogens is 250 g/mol. The Morgan fingerprint density at radius 2 is 1.75 bits per heavy atom. The summed E-state index contributed by atoms with van der Waals surface area (Å²) in [7, 11) is 0. The van der Waals surface area contributed by atoms with Gasteiger partial charge in [0.05, 0.1) is 24.6 Å². The number of hydrogen-bond donors (Lipinski definition) is 1. The molecule has 0 aliphatic carbocycles. The van der Waals surface area contributed by atoms with E-state index in [1.165, 1.54) is 24.2 Å². The number of rotatable bonds is 2. The summed E-state index contributed by atoms with van der Waals surface area (Å²) in [5.41, 5.74) is 9.58. The molecule has 0 saturated carbocycles. The van der Waals surface area contributed by atoms with Gasteiger partial charge in [-0.2, -0.15) is 0 Å². The van der Waals surface area contributed by atoms with Gasteiger partial charge >= 0.3 is 0 Å². The van der Waals surface area contributed by atoms with Crippen LogP contribution in [0.3, 0.4) is 0 Å². The van der Waals surface area contributed by atoms with Crippen LogP contribution in [0.25, 0.3) is 0 Å². The van der Waals surface area contributed by atoms with Crippen molar-refractivity contribution in [2.45, 2.75) is 19.8 Å². The Balaban J connectivity index is 1.79. The highest BCUT2D eigenvalue weighted by Gasteiger charge is 2.19. The van der Waals surface area contributed by atoms with Crippen LogP contribution in [-0.2, 0) is 4.74 Å². The van der Waals surface area contributed by atoms with Gasteiger partial charge in [0.25, 0.3) is 0 Å². The van der Waals surface area contributed by atoms with Gasteiger partial charge in [-0.25, -0.2) is 0 Å². The van der Waals surface area contributed by atoms with Crippen molar-refractivity contribution >= 4 is 17.1 Å². The fourth-order valence-corrected chi connectivity index (χ4v) is 3.07. The molecule has 2 fully saturated rings. The smallest absolute Gasteiger partial charge is 0.0642 e. The first-order chi connectivity index (χ1) is 9.74. The normalized spacial score (nSPS) is 21.2. The molecule has 1 aromatic rings. The first-order valence-corrected chi connectivity index (χ1v) is 7.71. The second-order valence-electron chi connectivity index (χ2n) is 6.01. The van der Waals surface area contributed by atoms with E-state index in [2.05, 4.69) is 34.9 Å². The van der Waals surface area contributed by atoms with E-state index >= 15 is 0 Å². The molecule has 0 bridgehead atoms. The van der Waals surface area contributed by atoms with Gasteiger partial charge in [-0.3, -0.25) is 0 Å². The molecule has 0 aromatic heterocycles. The number of nitrogens with zero attached hydrogens (tertiary/aromatic N) is 2. The van der Waals surface area contributed by atoms with E-state index < -0.39 is 0 Å². The van der Waals surface area contributed by atoms with Crippen molar-refractivity contribution < 1.29 is 4.74 Å². The quantitative estimate of drug-likeness (QED) is 0.841. The Bertz CT molecular complexity index is 449. The molecule has 4 nitrogen and oxygen atoms in total. The lowest BCUT2D eigenvalue weighted by Gasteiger charge is -2.34. The Hall–Kier alpha value is -1.42. The fourth-order valence-electron chi connectivity index (χ4n) is 3.07.